The second-order valence-corrected chi connectivity index (χ2v) is 17.6. The van der Waals surface area contributed by atoms with Gasteiger partial charge in [0.15, 0.2) is 0 Å². The van der Waals surface area contributed by atoms with E-state index in [1.54, 1.807) is 36.5 Å². The van der Waals surface area contributed by atoms with Crippen LogP contribution in [-0.4, -0.2) is 85.1 Å². The minimum atomic E-state index is -0.715. The van der Waals surface area contributed by atoms with Crippen LogP contribution in [-0.2, 0) is 27.4 Å². The van der Waals surface area contributed by atoms with Crippen molar-refractivity contribution in [3.8, 4) is 34.4 Å². The van der Waals surface area contributed by atoms with Crippen molar-refractivity contribution in [1.82, 2.24) is 40.5 Å². The third-order valence-electron chi connectivity index (χ3n) is 12.8. The van der Waals surface area contributed by atoms with E-state index in [0.29, 0.717) is 77.6 Å². The number of anilines is 2. The Morgan fingerprint density at radius 3 is 2.51 bits per heavy atom. The van der Waals surface area contributed by atoms with Crippen molar-refractivity contribution in [2.75, 3.05) is 25.1 Å². The molecule has 0 spiro atoms. The zero-order valence-corrected chi connectivity index (χ0v) is 37.5. The number of piperidine rings is 1. The monoisotopic (exact) mass is 934 g/mol. The first-order valence-electron chi connectivity index (χ1n) is 22.7. The van der Waals surface area contributed by atoms with Crippen molar-refractivity contribution in [1.29, 1.82) is 0 Å². The van der Waals surface area contributed by atoms with E-state index >= 15 is 0 Å². The number of aliphatic imine (C=N–C) groups is 1. The molecular weight excluding hydrogens is 890 g/mol. The van der Waals surface area contributed by atoms with Gasteiger partial charge in [0.25, 0.3) is 5.91 Å². The normalized spacial score (nSPS) is 18.7. The minimum Gasteiger partial charge on any atom is -0.379 e. The summed E-state index contributed by atoms with van der Waals surface area (Å²) < 4.78 is 37.8. The molecule has 14 nitrogen and oxygen atoms in total. The van der Waals surface area contributed by atoms with Crippen molar-refractivity contribution in [3.05, 3.63) is 141 Å². The number of benzene rings is 4. The Kier molecular flexibility index (Phi) is 12.8. The summed E-state index contributed by atoms with van der Waals surface area (Å²) in [5, 5.41) is 18.6. The summed E-state index contributed by atoms with van der Waals surface area (Å²) in [6, 6.07) is 22.1. The predicted molar refractivity (Wildman–Crippen MR) is 251 cm³/mol. The van der Waals surface area contributed by atoms with E-state index in [1.165, 1.54) is 23.1 Å². The van der Waals surface area contributed by atoms with Gasteiger partial charge in [-0.25, -0.2) is 23.4 Å². The van der Waals surface area contributed by atoms with E-state index in [1.807, 2.05) is 41.2 Å². The van der Waals surface area contributed by atoms with E-state index in [-0.39, 0.29) is 42.1 Å². The number of amides is 3. The number of hydrogen-bond acceptors (Lipinski definition) is 11. The SMILES string of the molecule is O=C1CCC(N2Cc3c(C#CCCOCCNC4CCC(n5cc(-c6ccc(Nc7ncc8c(n7)-c7ccc(Cl)cc7C(c7c(F)cccc7F)=NC8)cc6)nn5)CC4)cccc3C2=O)C(=O)N1. The lowest BCUT2D eigenvalue weighted by atomic mass is 9.91. The Bertz CT molecular complexity index is 3010. The van der Waals surface area contributed by atoms with Crippen LogP contribution in [0, 0.1) is 23.5 Å². The first-order chi connectivity index (χ1) is 33.2. The van der Waals surface area contributed by atoms with Crippen molar-refractivity contribution in [3.63, 3.8) is 0 Å². The number of nitrogens with one attached hydrogen (secondary N) is 3. The highest BCUT2D eigenvalue weighted by molar-refractivity contribution is 6.31. The number of aromatic nitrogens is 5. The minimum absolute atomic E-state index is 0.123. The summed E-state index contributed by atoms with van der Waals surface area (Å²) >= 11 is 6.38. The summed E-state index contributed by atoms with van der Waals surface area (Å²) in [7, 11) is 0. The van der Waals surface area contributed by atoms with Gasteiger partial charge < -0.3 is 20.3 Å². The fourth-order valence-corrected chi connectivity index (χ4v) is 9.50. The highest BCUT2D eigenvalue weighted by Crippen LogP contribution is 2.36. The molecule has 344 valence electrons. The third-order valence-corrected chi connectivity index (χ3v) is 13.1. The van der Waals surface area contributed by atoms with Gasteiger partial charge in [0.2, 0.25) is 17.8 Å². The van der Waals surface area contributed by atoms with E-state index in [0.717, 1.165) is 60.3 Å². The number of imide groups is 1. The number of ether oxygens (including phenoxy) is 1. The van der Waals surface area contributed by atoms with Gasteiger partial charge in [-0.05, 0) is 86.2 Å². The number of carbonyl (C=O) groups excluding carboxylic acids is 3. The molecule has 1 saturated carbocycles. The molecule has 3 N–H and O–H groups in total. The van der Waals surface area contributed by atoms with Gasteiger partial charge >= 0.3 is 0 Å². The standard InChI is InChI=1S/C51H45ClF2N10O4/c52-33-12-19-37-39(25-33)48(46-41(53)8-4-9-42(46)54)56-26-32-27-57-51(60-47(32)37)58-35-13-10-31(11-14-35)43-29-64(62-61-43)36-17-15-34(16-18-36)55-22-24-68-23-2-1-5-30-6-3-7-38-40(30)28-63(50(38)67)44-20-21-45(65)59-49(44)66/h3-4,6-14,19,25,27,29,34,36,44,55H,2,15-18,20-24,26,28H2,(H,57,58,60)(H,59,65,66). The van der Waals surface area contributed by atoms with Gasteiger partial charge in [0.05, 0.1) is 49.0 Å². The Hall–Kier alpha value is -7.19. The molecule has 2 aromatic heterocycles. The lowest BCUT2D eigenvalue weighted by Crippen LogP contribution is -2.52. The van der Waals surface area contributed by atoms with Crippen LogP contribution < -0.4 is 16.0 Å². The molecule has 17 heteroatoms. The number of nitrogens with zero attached hydrogens (tertiary/aromatic N) is 7. The summed E-state index contributed by atoms with van der Waals surface area (Å²) in [5.41, 5.74) is 6.93. The fourth-order valence-electron chi connectivity index (χ4n) is 9.33. The topological polar surface area (TPSA) is 169 Å². The van der Waals surface area contributed by atoms with Gasteiger partial charge in [-0.1, -0.05) is 59.0 Å². The van der Waals surface area contributed by atoms with Crippen LogP contribution >= 0.6 is 11.6 Å². The highest BCUT2D eigenvalue weighted by atomic mass is 35.5. The summed E-state index contributed by atoms with van der Waals surface area (Å²) in [6.07, 6.45) is 8.73. The van der Waals surface area contributed by atoms with Gasteiger partial charge in [0, 0.05) is 82.3 Å². The van der Waals surface area contributed by atoms with Crippen LogP contribution in [0.3, 0.4) is 0 Å². The molecule has 0 bridgehead atoms. The molecule has 4 aliphatic rings. The molecule has 1 saturated heterocycles. The lowest BCUT2D eigenvalue weighted by Gasteiger charge is -2.29. The van der Waals surface area contributed by atoms with Gasteiger partial charge in [-0.3, -0.25) is 24.7 Å². The maximum atomic E-state index is 15.0. The molecule has 10 rings (SSSR count). The molecular formula is C51H45ClF2N10O4. The molecule has 2 fully saturated rings. The second-order valence-electron chi connectivity index (χ2n) is 17.2. The molecule has 1 aliphatic carbocycles. The van der Waals surface area contributed by atoms with Crippen LogP contribution in [0.2, 0.25) is 5.02 Å². The highest BCUT2D eigenvalue weighted by Gasteiger charge is 2.39. The van der Waals surface area contributed by atoms with Crippen molar-refractivity contribution in [2.45, 2.75) is 76.2 Å². The molecule has 3 amide bonds. The van der Waals surface area contributed by atoms with Crippen molar-refractivity contribution < 1.29 is 27.9 Å². The predicted octanol–water partition coefficient (Wildman–Crippen LogP) is 7.72. The van der Waals surface area contributed by atoms with Crippen molar-refractivity contribution in [2.24, 2.45) is 4.99 Å². The average Bonchev–Trinajstić information content (AvgIpc) is 3.93. The largest absolute Gasteiger partial charge is 0.379 e. The Labute approximate surface area is 395 Å². The molecule has 0 radical (unpaired) electrons. The molecule has 5 heterocycles. The number of rotatable bonds is 12. The lowest BCUT2D eigenvalue weighted by molar-refractivity contribution is -0.136. The second kappa shape index (κ2) is 19.6. The number of fused-ring (bicyclic) bond motifs is 4. The molecule has 1 atom stereocenters. The first kappa shape index (κ1) is 44.6. The number of hydrogen-bond donors (Lipinski definition) is 3. The van der Waals surface area contributed by atoms with Crippen LogP contribution in [0.15, 0.2) is 96.2 Å². The number of halogens is 3. The molecule has 4 aromatic carbocycles. The van der Waals surface area contributed by atoms with Crippen LogP contribution in [0.4, 0.5) is 20.4 Å². The zero-order chi connectivity index (χ0) is 46.7. The van der Waals surface area contributed by atoms with Crippen molar-refractivity contribution >= 4 is 46.7 Å². The maximum absolute atomic E-state index is 15.0. The summed E-state index contributed by atoms with van der Waals surface area (Å²) in [4.78, 5) is 52.6. The Morgan fingerprint density at radius 2 is 1.71 bits per heavy atom. The van der Waals surface area contributed by atoms with Crippen LogP contribution in [0.25, 0.3) is 22.5 Å². The fraction of sp³-hybridized carbons (Fsp3) is 0.294. The van der Waals surface area contributed by atoms with Gasteiger partial charge in [-0.2, -0.15) is 0 Å². The number of carbonyl (C=O) groups is 3. The molecule has 1 unspecified atom stereocenters. The average molecular weight is 935 g/mol. The van der Waals surface area contributed by atoms with E-state index < -0.39 is 23.6 Å². The van der Waals surface area contributed by atoms with Crippen LogP contribution in [0.5, 0.6) is 0 Å². The summed E-state index contributed by atoms with van der Waals surface area (Å²) in [5.74, 6) is 4.33. The van der Waals surface area contributed by atoms with E-state index in [2.05, 4.69) is 48.1 Å². The summed E-state index contributed by atoms with van der Waals surface area (Å²) in [6.45, 7) is 2.21. The smallest absolute Gasteiger partial charge is 0.255 e. The third kappa shape index (κ3) is 9.37. The Morgan fingerprint density at radius 1 is 0.897 bits per heavy atom. The maximum Gasteiger partial charge on any atom is 0.255 e. The van der Waals surface area contributed by atoms with E-state index in [4.69, 9.17) is 21.3 Å². The molecule has 68 heavy (non-hydrogen) atoms. The van der Waals surface area contributed by atoms with Crippen LogP contribution in [0.1, 0.15) is 89.2 Å². The Balaban J connectivity index is 0.672. The van der Waals surface area contributed by atoms with Gasteiger partial charge in [0.1, 0.15) is 23.4 Å². The quantitative estimate of drug-likeness (QED) is 0.0628. The first-order valence-corrected chi connectivity index (χ1v) is 23.1. The van der Waals surface area contributed by atoms with Gasteiger partial charge in [-0.15, -0.1) is 5.10 Å². The van der Waals surface area contributed by atoms with E-state index in [9.17, 15) is 23.2 Å². The molecule has 3 aliphatic heterocycles. The molecule has 6 aromatic rings. The zero-order valence-electron chi connectivity index (χ0n) is 36.8.